The monoisotopic (exact) mass is 745 g/mol. The van der Waals surface area contributed by atoms with Gasteiger partial charge in [0.1, 0.15) is 24.1 Å². The highest BCUT2D eigenvalue weighted by molar-refractivity contribution is 5.37. The lowest BCUT2D eigenvalue weighted by molar-refractivity contribution is -0.220. The molecule has 2 fully saturated rings. The first-order chi connectivity index (χ1) is 27.7. The van der Waals surface area contributed by atoms with Gasteiger partial charge in [-0.05, 0) is 64.6 Å². The maximum Gasteiger partial charge on any atom is 0.141 e. The van der Waals surface area contributed by atoms with Gasteiger partial charge in [-0.1, -0.05) is 146 Å². The molecule has 56 heavy (non-hydrogen) atoms. The number of hydrogen-bond acceptors (Lipinski definition) is 6. The maximum absolute atomic E-state index is 7.14. The van der Waals surface area contributed by atoms with Gasteiger partial charge in [-0.15, -0.1) is 0 Å². The van der Waals surface area contributed by atoms with Gasteiger partial charge >= 0.3 is 0 Å². The van der Waals surface area contributed by atoms with Crippen molar-refractivity contribution in [2.24, 2.45) is 5.92 Å². The van der Waals surface area contributed by atoms with Crippen LogP contribution in [0.2, 0.25) is 0 Å². The summed E-state index contributed by atoms with van der Waals surface area (Å²) in [5.74, 6) is 1.43. The average Bonchev–Trinajstić information content (AvgIpc) is 4.11. The lowest BCUT2D eigenvalue weighted by atomic mass is 9.80. The van der Waals surface area contributed by atoms with Crippen LogP contribution in [0.5, 0.6) is 5.75 Å². The van der Waals surface area contributed by atoms with E-state index in [1.165, 1.54) is 24.0 Å². The molecule has 6 aromatic rings. The Morgan fingerprint density at radius 3 is 1.57 bits per heavy atom. The number of benzene rings is 5. The van der Waals surface area contributed by atoms with Gasteiger partial charge in [0, 0.05) is 24.1 Å². The van der Waals surface area contributed by atoms with Crippen molar-refractivity contribution in [2.75, 3.05) is 6.61 Å². The Morgan fingerprint density at radius 1 is 0.500 bits per heavy atom. The highest BCUT2D eigenvalue weighted by atomic mass is 16.6. The lowest BCUT2D eigenvalue weighted by Crippen LogP contribution is -2.59. The van der Waals surface area contributed by atoms with Crippen LogP contribution in [0, 0.1) is 5.92 Å². The lowest BCUT2D eigenvalue weighted by Gasteiger charge is -2.46. The SMILES string of the molecule is c1ccc(COC[C@H]2C[C@@H](Oc3cnccc3Cc3ccc(C4CC4)cc3)[C@H](OCc3ccccc3)[C@@H](OCc3ccccc3)[C@@H]2OCc2ccccc2)cc1. The number of ether oxygens (including phenoxy) is 5. The van der Waals surface area contributed by atoms with Gasteiger partial charge in [0.25, 0.3) is 0 Å². The van der Waals surface area contributed by atoms with Crippen LogP contribution in [-0.4, -0.2) is 36.0 Å². The maximum atomic E-state index is 7.14. The molecule has 5 aromatic carbocycles. The molecule has 6 nitrogen and oxygen atoms in total. The van der Waals surface area contributed by atoms with Crippen molar-refractivity contribution >= 4 is 0 Å². The van der Waals surface area contributed by atoms with Crippen molar-refractivity contribution in [3.63, 3.8) is 0 Å². The Bertz CT molecular complexity index is 2040. The second-order valence-electron chi connectivity index (χ2n) is 15.1. The van der Waals surface area contributed by atoms with E-state index in [-0.39, 0.29) is 18.1 Å². The summed E-state index contributed by atoms with van der Waals surface area (Å²) in [6.07, 6.45) is 6.03. The first-order valence-corrected chi connectivity index (χ1v) is 20.0. The van der Waals surface area contributed by atoms with E-state index in [4.69, 9.17) is 23.7 Å². The van der Waals surface area contributed by atoms with E-state index in [2.05, 4.69) is 83.8 Å². The van der Waals surface area contributed by atoms with Crippen LogP contribution < -0.4 is 4.74 Å². The normalized spacial score (nSPS) is 20.8. The summed E-state index contributed by atoms with van der Waals surface area (Å²) >= 11 is 0. The van der Waals surface area contributed by atoms with Crippen molar-refractivity contribution in [3.8, 4) is 5.75 Å². The molecule has 286 valence electrons. The number of nitrogens with zero attached hydrogens (tertiary/aromatic N) is 1. The summed E-state index contributed by atoms with van der Waals surface area (Å²) in [5.41, 5.74) is 8.16. The van der Waals surface area contributed by atoms with Crippen molar-refractivity contribution in [1.29, 1.82) is 0 Å². The van der Waals surface area contributed by atoms with Crippen LogP contribution in [0.3, 0.4) is 0 Å². The Balaban J connectivity index is 1.11. The number of rotatable bonds is 18. The molecule has 8 rings (SSSR count). The zero-order valence-corrected chi connectivity index (χ0v) is 31.9. The minimum Gasteiger partial charge on any atom is -0.486 e. The molecule has 0 radical (unpaired) electrons. The molecule has 2 saturated carbocycles. The Morgan fingerprint density at radius 2 is 1.02 bits per heavy atom. The molecule has 0 amide bonds. The molecule has 0 unspecified atom stereocenters. The average molecular weight is 746 g/mol. The summed E-state index contributed by atoms with van der Waals surface area (Å²) < 4.78 is 34.6. The van der Waals surface area contributed by atoms with Crippen LogP contribution in [0.25, 0.3) is 0 Å². The van der Waals surface area contributed by atoms with Gasteiger partial charge in [-0.25, -0.2) is 0 Å². The van der Waals surface area contributed by atoms with E-state index in [0.29, 0.717) is 39.5 Å². The van der Waals surface area contributed by atoms with E-state index >= 15 is 0 Å². The molecule has 1 aromatic heterocycles. The molecule has 0 spiro atoms. The predicted molar refractivity (Wildman–Crippen MR) is 219 cm³/mol. The Labute approximate surface area is 331 Å². The van der Waals surface area contributed by atoms with E-state index in [9.17, 15) is 0 Å². The largest absolute Gasteiger partial charge is 0.486 e. The molecule has 0 N–H and O–H groups in total. The van der Waals surface area contributed by atoms with E-state index < -0.39 is 12.2 Å². The zero-order valence-electron chi connectivity index (χ0n) is 31.9. The van der Waals surface area contributed by atoms with Crippen LogP contribution in [0.4, 0.5) is 0 Å². The molecule has 6 heteroatoms. The van der Waals surface area contributed by atoms with Crippen LogP contribution in [-0.2, 0) is 51.8 Å². The molecule has 0 saturated heterocycles. The van der Waals surface area contributed by atoms with Gasteiger partial charge in [0.15, 0.2) is 0 Å². The third-order valence-electron chi connectivity index (χ3n) is 10.9. The minimum absolute atomic E-state index is 0.0557. The summed E-state index contributed by atoms with van der Waals surface area (Å²) in [4.78, 5) is 4.55. The molecule has 0 aliphatic heterocycles. The topological polar surface area (TPSA) is 59.0 Å². The van der Waals surface area contributed by atoms with Crippen molar-refractivity contribution in [2.45, 2.75) is 82.4 Å². The van der Waals surface area contributed by atoms with E-state index in [1.807, 2.05) is 85.2 Å². The molecule has 0 bridgehead atoms. The van der Waals surface area contributed by atoms with Gasteiger partial charge in [0.2, 0.25) is 0 Å². The fourth-order valence-corrected chi connectivity index (χ4v) is 7.70. The predicted octanol–water partition coefficient (Wildman–Crippen LogP) is 10.3. The fraction of sp³-hybridized carbons (Fsp3) is 0.300. The Kier molecular flexibility index (Phi) is 12.9. The highest BCUT2D eigenvalue weighted by Crippen LogP contribution is 2.40. The molecular weight excluding hydrogens is 695 g/mol. The van der Waals surface area contributed by atoms with E-state index in [0.717, 1.165) is 45.9 Å². The van der Waals surface area contributed by atoms with E-state index in [1.54, 1.807) is 0 Å². The summed E-state index contributed by atoms with van der Waals surface area (Å²) in [6.45, 7) is 2.22. The first kappa shape index (κ1) is 37.8. The second-order valence-corrected chi connectivity index (χ2v) is 15.1. The molecule has 2 aliphatic rings. The third-order valence-corrected chi connectivity index (χ3v) is 10.9. The van der Waals surface area contributed by atoms with Crippen molar-refractivity contribution in [3.05, 3.63) is 203 Å². The van der Waals surface area contributed by atoms with Gasteiger partial charge in [0.05, 0.1) is 45.3 Å². The van der Waals surface area contributed by atoms with Crippen LogP contribution in [0.1, 0.15) is 64.1 Å². The standard InChI is InChI=1S/C50H51NO5/c1-5-13-38(14-6-1)32-52-36-45-30-46(56-47-31-51-28-27-44(47)29-37-21-23-42(24-22-37)43-25-26-43)49(54-34-40-17-9-3-10-18-40)50(55-35-41-19-11-4-12-20-41)48(45)53-33-39-15-7-2-8-16-39/h1-24,27-28,31,43,45-46,48-50H,25-26,29-30,32-36H2/t45-,46-,48-,49+,50+/m1/s1. The second kappa shape index (κ2) is 19.2. The summed E-state index contributed by atoms with van der Waals surface area (Å²) in [5, 5.41) is 0. The Hall–Kier alpha value is -5.11. The third kappa shape index (κ3) is 10.4. The fourth-order valence-electron chi connectivity index (χ4n) is 7.70. The quantitative estimate of drug-likeness (QED) is 0.0873. The van der Waals surface area contributed by atoms with Gasteiger partial charge in [-0.2, -0.15) is 0 Å². The number of aromatic nitrogens is 1. The van der Waals surface area contributed by atoms with Crippen LogP contribution in [0.15, 0.2) is 164 Å². The number of hydrogen-bond donors (Lipinski definition) is 0. The molecule has 5 atom stereocenters. The molecular formula is C50H51NO5. The van der Waals surface area contributed by atoms with Crippen molar-refractivity contribution < 1.29 is 23.7 Å². The smallest absolute Gasteiger partial charge is 0.141 e. The minimum atomic E-state index is -0.471. The highest BCUT2D eigenvalue weighted by Gasteiger charge is 2.49. The molecule has 2 aliphatic carbocycles. The molecule has 1 heterocycles. The summed E-state index contributed by atoms with van der Waals surface area (Å²) in [6, 6.07) is 52.4. The van der Waals surface area contributed by atoms with Crippen LogP contribution >= 0.6 is 0 Å². The van der Waals surface area contributed by atoms with Crippen molar-refractivity contribution in [1.82, 2.24) is 4.98 Å². The van der Waals surface area contributed by atoms with Gasteiger partial charge < -0.3 is 23.7 Å². The van der Waals surface area contributed by atoms with Gasteiger partial charge in [-0.3, -0.25) is 4.98 Å². The number of pyridine rings is 1. The zero-order chi connectivity index (χ0) is 37.8. The first-order valence-electron chi connectivity index (χ1n) is 20.0. The summed E-state index contributed by atoms with van der Waals surface area (Å²) in [7, 11) is 0.